The second kappa shape index (κ2) is 7.22. The zero-order valence-electron chi connectivity index (χ0n) is 14.7. The molecule has 3 rings (SSSR count). The van der Waals surface area contributed by atoms with Gasteiger partial charge in [0.05, 0.1) is 18.0 Å². The first kappa shape index (κ1) is 18.0. The number of sulfonamides is 1. The molecule has 0 amide bonds. The van der Waals surface area contributed by atoms with Gasteiger partial charge >= 0.3 is 0 Å². The lowest BCUT2D eigenvalue weighted by Gasteiger charge is -2.20. The van der Waals surface area contributed by atoms with Gasteiger partial charge in [0, 0.05) is 19.6 Å². The maximum absolute atomic E-state index is 12.0. The van der Waals surface area contributed by atoms with Crippen molar-refractivity contribution in [1.82, 2.24) is 24.5 Å². The van der Waals surface area contributed by atoms with E-state index in [1.165, 1.54) is 0 Å². The fraction of sp³-hybridized carbons (Fsp3) is 0.667. The molecule has 10 heteroatoms. The Balaban J connectivity index is 1.66. The number of aromatic nitrogens is 3. The third-order valence-corrected chi connectivity index (χ3v) is 6.27. The highest BCUT2D eigenvalue weighted by Gasteiger charge is 2.25. The first-order chi connectivity index (χ1) is 11.9. The number of nitrogens with zero attached hydrogens (tertiary/aromatic N) is 5. The maximum atomic E-state index is 12.0. The second-order valence-corrected chi connectivity index (χ2v) is 8.40. The summed E-state index contributed by atoms with van der Waals surface area (Å²) in [7, 11) is -3.14. The summed E-state index contributed by atoms with van der Waals surface area (Å²) in [6.07, 6.45) is 0.786. The minimum atomic E-state index is -3.14. The number of hydrogen-bond donors (Lipinski definition) is 0. The van der Waals surface area contributed by atoms with Crippen LogP contribution in [0.4, 0.5) is 0 Å². The van der Waals surface area contributed by atoms with Crippen LogP contribution in [0.2, 0.25) is 0 Å². The molecule has 0 bridgehead atoms. The molecule has 0 aromatic carbocycles. The van der Waals surface area contributed by atoms with E-state index < -0.39 is 10.0 Å². The Bertz CT molecular complexity index is 809. The lowest BCUT2D eigenvalue weighted by Crippen LogP contribution is -2.36. The van der Waals surface area contributed by atoms with Crippen molar-refractivity contribution in [3.8, 4) is 11.5 Å². The van der Waals surface area contributed by atoms with Crippen LogP contribution in [0.25, 0.3) is 11.5 Å². The van der Waals surface area contributed by atoms with Gasteiger partial charge in [-0.05, 0) is 33.7 Å². The molecule has 0 radical (unpaired) electrons. The van der Waals surface area contributed by atoms with Gasteiger partial charge in [0.2, 0.25) is 10.0 Å². The van der Waals surface area contributed by atoms with Gasteiger partial charge in [0.15, 0.2) is 5.82 Å². The van der Waals surface area contributed by atoms with Crippen molar-refractivity contribution >= 4 is 10.0 Å². The Labute approximate surface area is 147 Å². The third-order valence-electron chi connectivity index (χ3n) is 4.39. The Morgan fingerprint density at radius 2 is 1.88 bits per heavy atom. The molecule has 0 N–H and O–H groups in total. The Morgan fingerprint density at radius 1 is 1.08 bits per heavy atom. The molecule has 1 fully saturated rings. The molecule has 2 aromatic rings. The summed E-state index contributed by atoms with van der Waals surface area (Å²) in [6, 6.07) is 0. The molecular formula is C15H23N5O4S. The maximum Gasteiger partial charge on any atom is 0.263 e. The fourth-order valence-corrected chi connectivity index (χ4v) is 4.11. The van der Waals surface area contributed by atoms with Crippen molar-refractivity contribution in [1.29, 1.82) is 0 Å². The quantitative estimate of drug-likeness (QED) is 0.774. The summed E-state index contributed by atoms with van der Waals surface area (Å²) < 4.78 is 36.1. The van der Waals surface area contributed by atoms with Crippen molar-refractivity contribution in [2.24, 2.45) is 0 Å². The van der Waals surface area contributed by atoms with Gasteiger partial charge in [-0.3, -0.25) is 4.90 Å². The van der Waals surface area contributed by atoms with Gasteiger partial charge in [-0.25, -0.2) is 12.7 Å². The van der Waals surface area contributed by atoms with E-state index in [-0.39, 0.29) is 5.75 Å². The molecule has 1 saturated heterocycles. The lowest BCUT2D eigenvalue weighted by atomic mass is 10.2. The minimum absolute atomic E-state index is 0.138. The van der Waals surface area contributed by atoms with Crippen molar-refractivity contribution in [3.63, 3.8) is 0 Å². The molecule has 9 nitrogen and oxygen atoms in total. The van der Waals surface area contributed by atoms with Gasteiger partial charge in [-0.1, -0.05) is 10.3 Å². The second-order valence-electron chi connectivity index (χ2n) is 6.14. The van der Waals surface area contributed by atoms with Crippen LogP contribution in [-0.4, -0.2) is 64.9 Å². The molecule has 2 aromatic heterocycles. The normalized spacial score (nSPS) is 17.7. The molecule has 0 spiro atoms. The summed E-state index contributed by atoms with van der Waals surface area (Å²) in [5.41, 5.74) is 1.44. The monoisotopic (exact) mass is 369 g/mol. The Kier molecular flexibility index (Phi) is 5.21. The average Bonchev–Trinajstić information content (AvgIpc) is 3.06. The van der Waals surface area contributed by atoms with E-state index >= 15 is 0 Å². The van der Waals surface area contributed by atoms with Gasteiger partial charge in [0.1, 0.15) is 11.3 Å². The molecule has 1 aliphatic rings. The molecule has 1 aliphatic heterocycles. The average molecular weight is 369 g/mol. The van der Waals surface area contributed by atoms with Gasteiger partial charge < -0.3 is 9.05 Å². The first-order valence-corrected chi connectivity index (χ1v) is 9.97. The molecular weight excluding hydrogens is 346 g/mol. The van der Waals surface area contributed by atoms with E-state index in [4.69, 9.17) is 9.05 Å². The van der Waals surface area contributed by atoms with Gasteiger partial charge in [-0.2, -0.15) is 4.98 Å². The predicted octanol–water partition coefficient (Wildman–Crippen LogP) is 1.20. The molecule has 25 heavy (non-hydrogen) atoms. The summed E-state index contributed by atoms with van der Waals surface area (Å²) in [4.78, 5) is 6.58. The molecule has 0 saturated carbocycles. The Hall–Kier alpha value is -1.78. The van der Waals surface area contributed by atoms with Crippen molar-refractivity contribution in [2.45, 2.75) is 33.7 Å². The standard InChI is InChI=1S/C15H23N5O4S/c1-4-25(21,22)20-7-5-6-19(8-9-20)10-13-16-15(24-18-13)14-11(2)17-23-12(14)3/h4-10H2,1-3H3. The smallest absolute Gasteiger partial charge is 0.263 e. The van der Waals surface area contributed by atoms with Crippen LogP contribution in [0, 0.1) is 13.8 Å². The van der Waals surface area contributed by atoms with E-state index in [9.17, 15) is 8.42 Å². The van der Waals surface area contributed by atoms with E-state index in [1.807, 2.05) is 6.92 Å². The number of rotatable bonds is 5. The SMILES string of the molecule is CCS(=O)(=O)N1CCCN(Cc2noc(-c3c(C)noc3C)n2)CC1. The summed E-state index contributed by atoms with van der Waals surface area (Å²) in [5.74, 6) is 1.75. The zero-order chi connectivity index (χ0) is 18.0. The zero-order valence-corrected chi connectivity index (χ0v) is 15.5. The molecule has 138 valence electrons. The van der Waals surface area contributed by atoms with Crippen LogP contribution in [0.5, 0.6) is 0 Å². The molecule has 0 unspecified atom stereocenters. The summed E-state index contributed by atoms with van der Waals surface area (Å²) in [6.45, 7) is 8.32. The Morgan fingerprint density at radius 3 is 2.56 bits per heavy atom. The van der Waals surface area contributed by atoms with Gasteiger partial charge in [-0.15, -0.1) is 0 Å². The number of aryl methyl sites for hydroxylation is 2. The highest BCUT2D eigenvalue weighted by molar-refractivity contribution is 7.89. The molecule has 0 aliphatic carbocycles. The largest absolute Gasteiger partial charge is 0.361 e. The van der Waals surface area contributed by atoms with E-state index in [0.717, 1.165) is 18.5 Å². The van der Waals surface area contributed by atoms with E-state index in [0.29, 0.717) is 49.3 Å². The van der Waals surface area contributed by atoms with Crippen molar-refractivity contribution < 1.29 is 17.5 Å². The van der Waals surface area contributed by atoms with Crippen LogP contribution >= 0.6 is 0 Å². The third kappa shape index (κ3) is 3.91. The van der Waals surface area contributed by atoms with E-state index in [1.54, 1.807) is 18.2 Å². The predicted molar refractivity (Wildman–Crippen MR) is 90.2 cm³/mol. The summed E-state index contributed by atoms with van der Waals surface area (Å²) >= 11 is 0. The minimum Gasteiger partial charge on any atom is -0.361 e. The fourth-order valence-electron chi connectivity index (χ4n) is 2.97. The van der Waals surface area contributed by atoms with Crippen molar-refractivity contribution in [2.75, 3.05) is 31.9 Å². The van der Waals surface area contributed by atoms with Crippen LogP contribution in [-0.2, 0) is 16.6 Å². The first-order valence-electron chi connectivity index (χ1n) is 8.36. The van der Waals surface area contributed by atoms with Crippen molar-refractivity contribution in [3.05, 3.63) is 17.3 Å². The summed E-state index contributed by atoms with van der Waals surface area (Å²) in [5, 5.41) is 7.93. The van der Waals surface area contributed by atoms with Crippen LogP contribution in [0.3, 0.4) is 0 Å². The lowest BCUT2D eigenvalue weighted by molar-refractivity contribution is 0.266. The highest BCUT2D eigenvalue weighted by Crippen LogP contribution is 2.25. The van der Waals surface area contributed by atoms with Crippen LogP contribution in [0.1, 0.15) is 30.6 Å². The van der Waals surface area contributed by atoms with Crippen LogP contribution in [0.15, 0.2) is 9.05 Å². The highest BCUT2D eigenvalue weighted by atomic mass is 32.2. The molecule has 0 atom stereocenters. The van der Waals surface area contributed by atoms with Gasteiger partial charge in [0.25, 0.3) is 5.89 Å². The number of hydrogen-bond acceptors (Lipinski definition) is 8. The molecule has 3 heterocycles. The van der Waals surface area contributed by atoms with Crippen LogP contribution < -0.4 is 0 Å². The van der Waals surface area contributed by atoms with E-state index in [2.05, 4.69) is 20.2 Å². The topological polar surface area (TPSA) is 106 Å².